The van der Waals surface area contributed by atoms with Gasteiger partial charge in [0.05, 0.1) is 0 Å². The van der Waals surface area contributed by atoms with Crippen LogP contribution in [0.15, 0.2) is 24.3 Å². The average molecular weight is 441 g/mol. The summed E-state index contributed by atoms with van der Waals surface area (Å²) >= 11 is 1.09. The Morgan fingerprint density at radius 1 is 1.14 bits per heavy atom. The number of sulfone groups is 1. The molecule has 0 bridgehead atoms. The number of hydrogen-bond donors (Lipinski definition) is 2. The van der Waals surface area contributed by atoms with Crippen LogP contribution in [0.25, 0.3) is 0 Å². The predicted molar refractivity (Wildman–Crippen MR) is 112 cm³/mol. The lowest BCUT2D eigenvalue weighted by Crippen LogP contribution is -2.39. The fourth-order valence-electron chi connectivity index (χ4n) is 2.58. The van der Waals surface area contributed by atoms with Crippen molar-refractivity contribution in [3.8, 4) is 0 Å². The molecule has 9 nitrogen and oxygen atoms in total. The van der Waals surface area contributed by atoms with Crippen LogP contribution in [0.5, 0.6) is 0 Å². The van der Waals surface area contributed by atoms with E-state index in [1.807, 2.05) is 19.1 Å². The molecule has 0 radical (unpaired) electrons. The van der Waals surface area contributed by atoms with E-state index in [4.69, 9.17) is 4.74 Å². The van der Waals surface area contributed by atoms with E-state index < -0.39 is 32.7 Å². The van der Waals surface area contributed by atoms with Crippen molar-refractivity contribution in [3.05, 3.63) is 34.8 Å². The van der Waals surface area contributed by atoms with Crippen LogP contribution in [-0.4, -0.2) is 48.5 Å². The molecule has 1 aromatic heterocycles. The minimum Gasteiger partial charge on any atom is -0.377 e. The van der Waals surface area contributed by atoms with E-state index in [2.05, 4.69) is 20.8 Å². The molecule has 1 atom stereocenters. The van der Waals surface area contributed by atoms with Crippen molar-refractivity contribution < 1.29 is 22.7 Å². The summed E-state index contributed by atoms with van der Waals surface area (Å²) in [4.78, 5) is 24.7. The number of ether oxygens (including phenoxy) is 1. The number of nitrogens with one attached hydrogen (secondary N) is 2. The standard InChI is InChI=1S/C18H24N4O5S2/c1-4-12-6-8-13(9-7-12)19-15(23)11-29(25,26)14(5-2)17(24)20-18-22-21-16(28-18)10-27-3/h6-9,14H,4-5,10-11H2,1-3H3,(H,19,23)(H,20,22,24). The van der Waals surface area contributed by atoms with Gasteiger partial charge in [-0.25, -0.2) is 8.42 Å². The van der Waals surface area contributed by atoms with Crippen LogP contribution in [0.1, 0.15) is 30.8 Å². The molecule has 0 spiro atoms. The lowest BCUT2D eigenvalue weighted by molar-refractivity contribution is -0.115. The lowest BCUT2D eigenvalue weighted by atomic mass is 10.1. The average Bonchev–Trinajstić information content (AvgIpc) is 3.09. The number of anilines is 2. The molecule has 0 aliphatic carbocycles. The molecule has 29 heavy (non-hydrogen) atoms. The summed E-state index contributed by atoms with van der Waals surface area (Å²) in [7, 11) is -2.52. The van der Waals surface area contributed by atoms with Gasteiger partial charge in [0, 0.05) is 12.8 Å². The minimum absolute atomic E-state index is 0.0242. The molecule has 2 aromatic rings. The first-order valence-corrected chi connectivity index (χ1v) is 11.5. The predicted octanol–water partition coefficient (Wildman–Crippen LogP) is 2.02. The Morgan fingerprint density at radius 3 is 2.41 bits per heavy atom. The monoisotopic (exact) mass is 440 g/mol. The number of aromatic nitrogens is 2. The number of carbonyl (C=O) groups excluding carboxylic acids is 2. The molecule has 0 aliphatic heterocycles. The Balaban J connectivity index is 2.01. The highest BCUT2D eigenvalue weighted by Crippen LogP contribution is 2.18. The van der Waals surface area contributed by atoms with Gasteiger partial charge in [0.1, 0.15) is 22.6 Å². The number of nitrogens with zero attached hydrogens (tertiary/aromatic N) is 2. The Morgan fingerprint density at radius 2 is 1.83 bits per heavy atom. The molecular weight excluding hydrogens is 416 g/mol. The first-order chi connectivity index (χ1) is 13.8. The van der Waals surface area contributed by atoms with Crippen molar-refractivity contribution >= 4 is 43.8 Å². The molecule has 0 saturated heterocycles. The zero-order valence-corrected chi connectivity index (χ0v) is 18.1. The van der Waals surface area contributed by atoms with E-state index in [0.29, 0.717) is 10.7 Å². The maximum Gasteiger partial charge on any atom is 0.244 e. The summed E-state index contributed by atoms with van der Waals surface area (Å²) in [6.45, 7) is 3.82. The normalized spacial score (nSPS) is 12.4. The van der Waals surface area contributed by atoms with Crippen LogP contribution in [-0.2, 0) is 37.2 Å². The minimum atomic E-state index is -4.02. The van der Waals surface area contributed by atoms with Gasteiger partial charge in [-0.1, -0.05) is 37.3 Å². The van der Waals surface area contributed by atoms with Gasteiger partial charge in [-0.3, -0.25) is 14.9 Å². The van der Waals surface area contributed by atoms with Gasteiger partial charge in [-0.05, 0) is 30.5 Å². The topological polar surface area (TPSA) is 127 Å². The van der Waals surface area contributed by atoms with Gasteiger partial charge in [0.2, 0.25) is 16.9 Å². The Labute approximate surface area is 173 Å². The second-order valence-corrected chi connectivity index (χ2v) is 9.47. The number of amides is 2. The molecule has 158 valence electrons. The molecule has 2 rings (SSSR count). The maximum atomic E-state index is 12.6. The highest BCUT2D eigenvalue weighted by molar-refractivity contribution is 7.93. The van der Waals surface area contributed by atoms with Crippen LogP contribution in [0.4, 0.5) is 10.8 Å². The van der Waals surface area contributed by atoms with Gasteiger partial charge in [-0.15, -0.1) is 10.2 Å². The molecule has 2 N–H and O–H groups in total. The molecule has 11 heteroatoms. The van der Waals surface area contributed by atoms with E-state index in [-0.39, 0.29) is 18.2 Å². The highest BCUT2D eigenvalue weighted by atomic mass is 32.2. The quantitative estimate of drug-likeness (QED) is 0.578. The van der Waals surface area contributed by atoms with Gasteiger partial charge in [0.25, 0.3) is 0 Å². The summed E-state index contributed by atoms with van der Waals surface area (Å²) < 4.78 is 30.2. The van der Waals surface area contributed by atoms with Crippen molar-refractivity contribution in [3.63, 3.8) is 0 Å². The van der Waals surface area contributed by atoms with Crippen molar-refractivity contribution in [1.29, 1.82) is 0 Å². The van der Waals surface area contributed by atoms with Gasteiger partial charge >= 0.3 is 0 Å². The summed E-state index contributed by atoms with van der Waals surface area (Å²) in [5.41, 5.74) is 1.60. The number of carbonyl (C=O) groups is 2. The van der Waals surface area contributed by atoms with Gasteiger partial charge < -0.3 is 10.1 Å². The molecular formula is C18H24N4O5S2. The first kappa shape index (κ1) is 22.9. The van der Waals surface area contributed by atoms with Crippen LogP contribution in [0, 0.1) is 0 Å². The van der Waals surface area contributed by atoms with Crippen molar-refractivity contribution in [2.45, 2.75) is 38.5 Å². The smallest absolute Gasteiger partial charge is 0.244 e. The SMILES string of the molecule is CCc1ccc(NC(=O)CS(=O)(=O)C(CC)C(=O)Nc2nnc(COC)s2)cc1. The van der Waals surface area contributed by atoms with E-state index in [9.17, 15) is 18.0 Å². The summed E-state index contributed by atoms with van der Waals surface area (Å²) in [6.07, 6.45) is 0.883. The summed E-state index contributed by atoms with van der Waals surface area (Å²) in [5, 5.41) is 12.0. The van der Waals surface area contributed by atoms with Crippen LogP contribution < -0.4 is 10.6 Å². The number of methoxy groups -OCH3 is 1. The summed E-state index contributed by atoms with van der Waals surface area (Å²) in [5.74, 6) is -2.23. The molecule has 0 saturated carbocycles. The second kappa shape index (κ2) is 10.4. The molecule has 1 unspecified atom stereocenters. The van der Waals surface area contributed by atoms with Crippen molar-refractivity contribution in [2.75, 3.05) is 23.5 Å². The van der Waals surface area contributed by atoms with E-state index in [1.54, 1.807) is 19.1 Å². The van der Waals surface area contributed by atoms with E-state index in [0.717, 1.165) is 23.3 Å². The van der Waals surface area contributed by atoms with Crippen LogP contribution >= 0.6 is 11.3 Å². The highest BCUT2D eigenvalue weighted by Gasteiger charge is 2.33. The number of rotatable bonds is 10. The molecule has 0 fully saturated rings. The zero-order valence-electron chi connectivity index (χ0n) is 16.5. The van der Waals surface area contributed by atoms with Gasteiger partial charge in [-0.2, -0.15) is 0 Å². The third-order valence-electron chi connectivity index (χ3n) is 4.04. The van der Waals surface area contributed by atoms with Crippen LogP contribution in [0.2, 0.25) is 0 Å². The Kier molecular flexibility index (Phi) is 8.23. The number of aryl methyl sites for hydroxylation is 1. The maximum absolute atomic E-state index is 12.6. The fourth-order valence-corrected chi connectivity index (χ4v) is 4.83. The lowest BCUT2D eigenvalue weighted by Gasteiger charge is -2.14. The third-order valence-corrected chi connectivity index (χ3v) is 6.93. The van der Waals surface area contributed by atoms with Gasteiger partial charge in [0.15, 0.2) is 9.84 Å². The molecule has 1 heterocycles. The Bertz CT molecular complexity index is 941. The molecule has 2 amide bonds. The Hall–Kier alpha value is -2.37. The zero-order chi connectivity index (χ0) is 21.4. The van der Waals surface area contributed by atoms with E-state index in [1.165, 1.54) is 7.11 Å². The largest absolute Gasteiger partial charge is 0.377 e. The van der Waals surface area contributed by atoms with E-state index >= 15 is 0 Å². The van der Waals surface area contributed by atoms with Crippen molar-refractivity contribution in [1.82, 2.24) is 10.2 Å². The molecule has 0 aliphatic rings. The number of benzene rings is 1. The van der Waals surface area contributed by atoms with Crippen molar-refractivity contribution in [2.24, 2.45) is 0 Å². The number of hydrogen-bond acceptors (Lipinski definition) is 8. The first-order valence-electron chi connectivity index (χ1n) is 9.01. The molecule has 1 aromatic carbocycles. The second-order valence-electron chi connectivity index (χ2n) is 6.23. The van der Waals surface area contributed by atoms with Crippen LogP contribution in [0.3, 0.4) is 0 Å². The summed E-state index contributed by atoms with van der Waals surface area (Å²) in [6, 6.07) is 7.12. The fraction of sp³-hybridized carbons (Fsp3) is 0.444. The third kappa shape index (κ3) is 6.58.